The van der Waals surface area contributed by atoms with Crippen LogP contribution in [0.15, 0.2) is 97.1 Å². The molecule has 2 heterocycles. The Morgan fingerprint density at radius 3 is 1.70 bits per heavy atom. The van der Waals surface area contributed by atoms with Gasteiger partial charge in [-0.2, -0.15) is 0 Å². The van der Waals surface area contributed by atoms with Crippen molar-refractivity contribution in [3.8, 4) is 0 Å². The van der Waals surface area contributed by atoms with Crippen LogP contribution in [-0.2, 0) is 26.3 Å². The molecule has 6 aromatic rings. The highest BCUT2D eigenvalue weighted by Gasteiger charge is 2.18. The molecule has 0 aliphatic carbocycles. The number of nitrogens with zero attached hydrogens (tertiary/aromatic N) is 6. The zero-order chi connectivity index (χ0) is 35.6. The summed E-state index contributed by atoms with van der Waals surface area (Å²) in [6.07, 6.45) is 0. The number of halogens is 2. The SMILES string of the molecule is Cc1c(C(=O)Nc2ccc(CO)cc2)nnn1Cc1ccc(F)cc1.Cc1c(C(=O)Nc2cccc(CO)c2)nnn1Cc1cccc(F)c1. The number of benzene rings is 4. The van der Waals surface area contributed by atoms with Crippen molar-refractivity contribution in [2.75, 3.05) is 10.6 Å². The summed E-state index contributed by atoms with van der Waals surface area (Å²) in [5.41, 5.74) is 5.86. The first-order chi connectivity index (χ1) is 24.1. The highest BCUT2D eigenvalue weighted by atomic mass is 19.1. The number of nitrogens with one attached hydrogen (secondary N) is 2. The fourth-order valence-corrected chi connectivity index (χ4v) is 4.83. The van der Waals surface area contributed by atoms with Gasteiger partial charge in [0.2, 0.25) is 0 Å². The fraction of sp³-hybridized carbons (Fsp3) is 0.167. The summed E-state index contributed by atoms with van der Waals surface area (Å²) in [7, 11) is 0. The van der Waals surface area contributed by atoms with Gasteiger partial charge in [-0.15, -0.1) is 10.2 Å². The van der Waals surface area contributed by atoms with E-state index in [1.54, 1.807) is 96.0 Å². The van der Waals surface area contributed by atoms with Crippen LogP contribution in [0.4, 0.5) is 20.2 Å². The number of rotatable bonds is 10. The Morgan fingerprint density at radius 1 is 0.600 bits per heavy atom. The van der Waals surface area contributed by atoms with E-state index in [2.05, 4.69) is 31.3 Å². The summed E-state index contributed by atoms with van der Waals surface area (Å²) in [4.78, 5) is 24.8. The Hall–Kier alpha value is -6.12. The number of carbonyl (C=O) groups excluding carboxylic acids is 2. The van der Waals surface area contributed by atoms with Crippen molar-refractivity contribution in [3.05, 3.63) is 154 Å². The number of carbonyl (C=O) groups is 2. The molecule has 0 fully saturated rings. The van der Waals surface area contributed by atoms with E-state index < -0.39 is 5.91 Å². The van der Waals surface area contributed by atoms with E-state index >= 15 is 0 Å². The zero-order valence-corrected chi connectivity index (χ0v) is 27.2. The van der Waals surface area contributed by atoms with Crippen LogP contribution in [-0.4, -0.2) is 52.0 Å². The van der Waals surface area contributed by atoms with Gasteiger partial charge >= 0.3 is 0 Å². The molecule has 0 spiro atoms. The molecule has 14 heteroatoms. The number of aliphatic hydroxyl groups excluding tert-OH is 2. The summed E-state index contributed by atoms with van der Waals surface area (Å²) in [6.45, 7) is 4.06. The Bertz CT molecular complexity index is 2080. The molecule has 4 aromatic carbocycles. The number of hydrogen-bond acceptors (Lipinski definition) is 8. The van der Waals surface area contributed by atoms with E-state index in [1.807, 2.05) is 0 Å². The van der Waals surface area contributed by atoms with Crippen molar-refractivity contribution in [1.29, 1.82) is 0 Å². The van der Waals surface area contributed by atoms with Gasteiger partial charge in [0, 0.05) is 11.4 Å². The average molecular weight is 681 g/mol. The van der Waals surface area contributed by atoms with Crippen LogP contribution in [0.3, 0.4) is 0 Å². The van der Waals surface area contributed by atoms with Gasteiger partial charge in [0.05, 0.1) is 37.7 Å². The summed E-state index contributed by atoms with van der Waals surface area (Å²) >= 11 is 0. The second-order valence-electron chi connectivity index (χ2n) is 11.2. The average Bonchev–Trinajstić information content (AvgIpc) is 3.67. The third-order valence-electron chi connectivity index (χ3n) is 7.62. The molecule has 0 aliphatic heterocycles. The minimum absolute atomic E-state index is 0.0505. The lowest BCUT2D eigenvalue weighted by atomic mass is 10.2. The monoisotopic (exact) mass is 680 g/mol. The highest BCUT2D eigenvalue weighted by molar-refractivity contribution is 6.04. The molecule has 256 valence electrons. The summed E-state index contributed by atoms with van der Waals surface area (Å²) in [6, 6.07) is 26.1. The number of aromatic nitrogens is 6. The second kappa shape index (κ2) is 16.3. The van der Waals surface area contributed by atoms with Gasteiger partial charge in [-0.1, -0.05) is 59.0 Å². The second-order valence-corrected chi connectivity index (χ2v) is 11.2. The van der Waals surface area contributed by atoms with Crippen LogP contribution in [0.25, 0.3) is 0 Å². The molecule has 2 amide bonds. The maximum absolute atomic E-state index is 13.3. The van der Waals surface area contributed by atoms with Crippen LogP contribution < -0.4 is 10.6 Å². The molecule has 0 radical (unpaired) electrons. The van der Waals surface area contributed by atoms with E-state index in [0.717, 1.165) is 16.7 Å². The smallest absolute Gasteiger partial charge is 0.278 e. The number of amides is 2. The lowest BCUT2D eigenvalue weighted by Crippen LogP contribution is -2.14. The maximum Gasteiger partial charge on any atom is 0.278 e. The van der Waals surface area contributed by atoms with E-state index in [4.69, 9.17) is 10.2 Å². The van der Waals surface area contributed by atoms with Crippen molar-refractivity contribution in [2.24, 2.45) is 0 Å². The minimum Gasteiger partial charge on any atom is -0.392 e. The molecule has 0 atom stereocenters. The first kappa shape index (κ1) is 35.2. The molecule has 0 bridgehead atoms. The van der Waals surface area contributed by atoms with Crippen LogP contribution in [0, 0.1) is 25.5 Å². The molecule has 12 nitrogen and oxygen atoms in total. The van der Waals surface area contributed by atoms with Gasteiger partial charge in [-0.05, 0) is 84.6 Å². The van der Waals surface area contributed by atoms with Crippen molar-refractivity contribution in [1.82, 2.24) is 30.0 Å². The quantitative estimate of drug-likeness (QED) is 0.157. The molecule has 0 saturated carbocycles. The Kier molecular flexibility index (Phi) is 11.5. The van der Waals surface area contributed by atoms with Crippen LogP contribution in [0.5, 0.6) is 0 Å². The third kappa shape index (κ3) is 9.06. The van der Waals surface area contributed by atoms with E-state index in [-0.39, 0.29) is 42.1 Å². The lowest BCUT2D eigenvalue weighted by Gasteiger charge is -2.06. The Morgan fingerprint density at radius 2 is 1.12 bits per heavy atom. The van der Waals surface area contributed by atoms with E-state index in [9.17, 15) is 18.4 Å². The normalized spacial score (nSPS) is 10.7. The molecule has 0 aliphatic rings. The first-order valence-corrected chi connectivity index (χ1v) is 15.4. The largest absolute Gasteiger partial charge is 0.392 e. The van der Waals surface area contributed by atoms with E-state index in [1.165, 1.54) is 24.3 Å². The summed E-state index contributed by atoms with van der Waals surface area (Å²) < 4.78 is 29.4. The van der Waals surface area contributed by atoms with Crippen molar-refractivity contribution in [3.63, 3.8) is 0 Å². The van der Waals surface area contributed by atoms with Crippen LogP contribution >= 0.6 is 0 Å². The van der Waals surface area contributed by atoms with Gasteiger partial charge in [0.25, 0.3) is 11.8 Å². The topological polar surface area (TPSA) is 160 Å². The predicted molar refractivity (Wildman–Crippen MR) is 181 cm³/mol. The molecular weight excluding hydrogens is 646 g/mol. The molecular formula is C36H34F2N8O4. The Labute approximate surface area is 286 Å². The van der Waals surface area contributed by atoms with Crippen LogP contribution in [0.2, 0.25) is 0 Å². The lowest BCUT2D eigenvalue weighted by molar-refractivity contribution is 0.101. The van der Waals surface area contributed by atoms with Crippen molar-refractivity contribution in [2.45, 2.75) is 40.2 Å². The van der Waals surface area contributed by atoms with Gasteiger partial charge in [-0.3, -0.25) is 9.59 Å². The summed E-state index contributed by atoms with van der Waals surface area (Å²) in [5, 5.41) is 39.5. The van der Waals surface area contributed by atoms with E-state index in [0.29, 0.717) is 41.4 Å². The highest BCUT2D eigenvalue weighted by Crippen LogP contribution is 2.16. The molecule has 2 aromatic heterocycles. The minimum atomic E-state index is -0.391. The van der Waals surface area contributed by atoms with Crippen molar-refractivity contribution >= 4 is 23.2 Å². The van der Waals surface area contributed by atoms with Crippen molar-refractivity contribution < 1.29 is 28.6 Å². The van der Waals surface area contributed by atoms with Gasteiger partial charge in [0.1, 0.15) is 11.6 Å². The predicted octanol–water partition coefficient (Wildman–Crippen LogP) is 5.04. The third-order valence-corrected chi connectivity index (χ3v) is 7.62. The molecule has 0 saturated heterocycles. The zero-order valence-electron chi connectivity index (χ0n) is 27.2. The molecule has 0 unspecified atom stereocenters. The molecule has 6 rings (SSSR count). The number of anilines is 2. The molecule has 50 heavy (non-hydrogen) atoms. The number of hydrogen-bond donors (Lipinski definition) is 4. The number of aliphatic hydroxyl groups is 2. The molecule has 4 N–H and O–H groups in total. The summed E-state index contributed by atoms with van der Waals surface area (Å²) in [5.74, 6) is -1.37. The van der Waals surface area contributed by atoms with Gasteiger partial charge in [0.15, 0.2) is 11.4 Å². The Balaban J connectivity index is 0.000000194. The standard InChI is InChI=1S/2C18H17FN4O2/c1-12-17(18(25)20-16-8-4-14(11-24)5-9-16)21-22-23(12)10-13-2-6-15(19)7-3-13;1-12-17(18(25)20-16-7-3-5-14(9-16)11-24)21-22-23(12)10-13-4-2-6-15(19)8-13/h2*2-9,24H,10-11H2,1H3,(H,20,25). The van der Waals surface area contributed by atoms with Crippen LogP contribution in [0.1, 0.15) is 54.6 Å². The maximum atomic E-state index is 13.3. The van der Waals surface area contributed by atoms with Gasteiger partial charge in [-0.25, -0.2) is 18.1 Å². The first-order valence-electron chi connectivity index (χ1n) is 15.4. The fourth-order valence-electron chi connectivity index (χ4n) is 4.83. The van der Waals surface area contributed by atoms with Gasteiger partial charge < -0.3 is 20.8 Å².